The van der Waals surface area contributed by atoms with Gasteiger partial charge in [-0.15, -0.1) is 0 Å². The van der Waals surface area contributed by atoms with E-state index in [1.165, 1.54) is 19.3 Å². The lowest BCUT2D eigenvalue weighted by Crippen LogP contribution is -2.25. The van der Waals surface area contributed by atoms with Gasteiger partial charge in [-0.05, 0) is 25.2 Å². The van der Waals surface area contributed by atoms with E-state index in [0.717, 1.165) is 19.6 Å². The molecule has 3 unspecified atom stereocenters. The van der Waals surface area contributed by atoms with Crippen molar-refractivity contribution >= 4 is 0 Å². The molecule has 1 aliphatic rings. The number of rotatable bonds is 6. The average Bonchev–Trinajstić information content (AvgIpc) is 2.71. The molecule has 1 heterocycles. The van der Waals surface area contributed by atoms with E-state index in [1.807, 2.05) is 0 Å². The highest BCUT2D eigenvalue weighted by Crippen LogP contribution is 2.18. The molecule has 0 aliphatic carbocycles. The molecule has 1 saturated heterocycles. The van der Waals surface area contributed by atoms with Crippen molar-refractivity contribution in [3.05, 3.63) is 0 Å². The second-order valence-corrected chi connectivity index (χ2v) is 4.30. The van der Waals surface area contributed by atoms with Crippen molar-refractivity contribution in [1.29, 1.82) is 0 Å². The predicted octanol–water partition coefficient (Wildman–Crippen LogP) is 3.01. The van der Waals surface area contributed by atoms with Crippen LogP contribution in [-0.4, -0.2) is 25.4 Å². The summed E-state index contributed by atoms with van der Waals surface area (Å²) in [5.74, 6) is 0.668. The average molecular weight is 200 g/mol. The van der Waals surface area contributed by atoms with Gasteiger partial charge in [0.25, 0.3) is 0 Å². The van der Waals surface area contributed by atoms with Crippen molar-refractivity contribution in [3.8, 4) is 0 Å². The molecule has 0 bridgehead atoms. The van der Waals surface area contributed by atoms with E-state index in [4.69, 9.17) is 9.47 Å². The van der Waals surface area contributed by atoms with Crippen LogP contribution in [0.2, 0.25) is 0 Å². The third kappa shape index (κ3) is 3.58. The summed E-state index contributed by atoms with van der Waals surface area (Å²) in [6.45, 7) is 8.41. The quantitative estimate of drug-likeness (QED) is 0.656. The second kappa shape index (κ2) is 6.41. The zero-order chi connectivity index (χ0) is 10.4. The fourth-order valence-electron chi connectivity index (χ4n) is 1.95. The van der Waals surface area contributed by atoms with Crippen molar-refractivity contribution in [2.24, 2.45) is 5.92 Å². The Hall–Kier alpha value is -0.0800. The van der Waals surface area contributed by atoms with Crippen LogP contribution in [0.5, 0.6) is 0 Å². The van der Waals surface area contributed by atoms with Gasteiger partial charge in [0.05, 0.1) is 18.8 Å². The second-order valence-electron chi connectivity index (χ2n) is 4.30. The van der Waals surface area contributed by atoms with Gasteiger partial charge < -0.3 is 9.47 Å². The van der Waals surface area contributed by atoms with Crippen LogP contribution in [0, 0.1) is 5.92 Å². The maximum absolute atomic E-state index is 5.90. The molecule has 2 heteroatoms. The fourth-order valence-corrected chi connectivity index (χ4v) is 1.95. The monoisotopic (exact) mass is 200 g/mol. The van der Waals surface area contributed by atoms with Crippen LogP contribution >= 0.6 is 0 Å². The molecule has 0 N–H and O–H groups in total. The van der Waals surface area contributed by atoms with Crippen LogP contribution in [0.15, 0.2) is 0 Å². The first-order valence-electron chi connectivity index (χ1n) is 6.01. The van der Waals surface area contributed by atoms with Crippen LogP contribution in [0.25, 0.3) is 0 Å². The summed E-state index contributed by atoms with van der Waals surface area (Å²) in [6, 6.07) is 0. The molecule has 1 fully saturated rings. The van der Waals surface area contributed by atoms with E-state index in [1.54, 1.807) is 0 Å². The van der Waals surface area contributed by atoms with E-state index in [2.05, 4.69) is 20.8 Å². The third-order valence-corrected chi connectivity index (χ3v) is 3.20. The SMILES string of the molecule is CCC(C)C(CC)OCC1CCCO1. The fraction of sp³-hybridized carbons (Fsp3) is 1.00. The summed E-state index contributed by atoms with van der Waals surface area (Å²) in [6.07, 6.45) is 5.48. The first-order chi connectivity index (χ1) is 6.77. The Labute approximate surface area is 88.0 Å². The number of ether oxygens (including phenoxy) is 2. The molecule has 0 spiro atoms. The van der Waals surface area contributed by atoms with Crippen molar-refractivity contribution in [2.45, 2.75) is 58.7 Å². The molecule has 14 heavy (non-hydrogen) atoms. The van der Waals surface area contributed by atoms with Crippen LogP contribution in [-0.2, 0) is 9.47 Å². The molecule has 0 saturated carbocycles. The molecule has 0 radical (unpaired) electrons. The topological polar surface area (TPSA) is 18.5 Å². The number of hydrogen-bond acceptors (Lipinski definition) is 2. The molecule has 1 rings (SSSR count). The van der Waals surface area contributed by atoms with Crippen molar-refractivity contribution in [1.82, 2.24) is 0 Å². The zero-order valence-corrected chi connectivity index (χ0v) is 9.79. The Bertz CT molecular complexity index is 141. The van der Waals surface area contributed by atoms with Crippen molar-refractivity contribution < 1.29 is 9.47 Å². The van der Waals surface area contributed by atoms with E-state index < -0.39 is 0 Å². The van der Waals surface area contributed by atoms with Gasteiger partial charge >= 0.3 is 0 Å². The maximum Gasteiger partial charge on any atom is 0.0809 e. The Morgan fingerprint density at radius 2 is 2.14 bits per heavy atom. The summed E-state index contributed by atoms with van der Waals surface area (Å²) < 4.78 is 11.4. The molecule has 2 nitrogen and oxygen atoms in total. The molecule has 0 amide bonds. The highest BCUT2D eigenvalue weighted by Gasteiger charge is 2.19. The Morgan fingerprint density at radius 3 is 2.64 bits per heavy atom. The van der Waals surface area contributed by atoms with Gasteiger partial charge in [0.1, 0.15) is 0 Å². The van der Waals surface area contributed by atoms with Gasteiger partial charge in [0.15, 0.2) is 0 Å². The minimum Gasteiger partial charge on any atom is -0.376 e. The van der Waals surface area contributed by atoms with Gasteiger partial charge in [0, 0.05) is 6.61 Å². The van der Waals surface area contributed by atoms with Gasteiger partial charge in [-0.3, -0.25) is 0 Å². The standard InChI is InChI=1S/C12H24O2/c1-4-10(3)12(5-2)14-9-11-7-6-8-13-11/h10-12H,4-9H2,1-3H3. The summed E-state index contributed by atoms with van der Waals surface area (Å²) in [7, 11) is 0. The molecule has 0 aromatic carbocycles. The summed E-state index contributed by atoms with van der Waals surface area (Å²) in [4.78, 5) is 0. The number of hydrogen-bond donors (Lipinski definition) is 0. The van der Waals surface area contributed by atoms with Crippen molar-refractivity contribution in [2.75, 3.05) is 13.2 Å². The summed E-state index contributed by atoms with van der Waals surface area (Å²) in [5, 5.41) is 0. The van der Waals surface area contributed by atoms with E-state index in [9.17, 15) is 0 Å². The van der Waals surface area contributed by atoms with Gasteiger partial charge in [-0.25, -0.2) is 0 Å². The molecule has 0 aromatic rings. The predicted molar refractivity (Wildman–Crippen MR) is 58.5 cm³/mol. The van der Waals surface area contributed by atoms with Gasteiger partial charge in [-0.2, -0.15) is 0 Å². The molecular formula is C12H24O2. The minimum atomic E-state index is 0.369. The Balaban J connectivity index is 2.19. The zero-order valence-electron chi connectivity index (χ0n) is 9.79. The Morgan fingerprint density at radius 1 is 1.36 bits per heavy atom. The smallest absolute Gasteiger partial charge is 0.0809 e. The highest BCUT2D eigenvalue weighted by atomic mass is 16.5. The molecule has 84 valence electrons. The van der Waals surface area contributed by atoms with E-state index >= 15 is 0 Å². The van der Waals surface area contributed by atoms with E-state index in [-0.39, 0.29) is 0 Å². The Kier molecular flexibility index (Phi) is 5.49. The lowest BCUT2D eigenvalue weighted by Gasteiger charge is -2.23. The molecular weight excluding hydrogens is 176 g/mol. The maximum atomic E-state index is 5.90. The molecule has 1 aliphatic heterocycles. The third-order valence-electron chi connectivity index (χ3n) is 3.20. The summed E-state index contributed by atoms with van der Waals surface area (Å²) >= 11 is 0. The summed E-state index contributed by atoms with van der Waals surface area (Å²) in [5.41, 5.74) is 0. The molecule has 3 atom stereocenters. The van der Waals surface area contributed by atoms with E-state index in [0.29, 0.717) is 18.1 Å². The van der Waals surface area contributed by atoms with Gasteiger partial charge in [-0.1, -0.05) is 27.2 Å². The minimum absolute atomic E-state index is 0.369. The van der Waals surface area contributed by atoms with Crippen LogP contribution < -0.4 is 0 Å². The lowest BCUT2D eigenvalue weighted by molar-refractivity contribution is -0.0413. The van der Waals surface area contributed by atoms with Gasteiger partial charge in [0.2, 0.25) is 0 Å². The van der Waals surface area contributed by atoms with Crippen LogP contribution in [0.1, 0.15) is 46.5 Å². The highest BCUT2D eigenvalue weighted by molar-refractivity contribution is 4.68. The van der Waals surface area contributed by atoms with Crippen LogP contribution in [0.3, 0.4) is 0 Å². The van der Waals surface area contributed by atoms with Crippen LogP contribution in [0.4, 0.5) is 0 Å². The molecule has 0 aromatic heterocycles. The van der Waals surface area contributed by atoms with Crippen molar-refractivity contribution in [3.63, 3.8) is 0 Å². The lowest BCUT2D eigenvalue weighted by atomic mass is 10.00. The normalized spacial score (nSPS) is 26.4. The first-order valence-corrected chi connectivity index (χ1v) is 6.01. The largest absolute Gasteiger partial charge is 0.376 e. The first kappa shape index (κ1) is 12.0.